The van der Waals surface area contributed by atoms with E-state index in [1.54, 1.807) is 31.2 Å². The maximum atomic E-state index is 14.7. The molecule has 0 aliphatic carbocycles. The topological polar surface area (TPSA) is 187 Å². The number of ether oxygens (including phenoxy) is 1. The van der Waals surface area contributed by atoms with Gasteiger partial charge in [0.25, 0.3) is 18.3 Å². The summed E-state index contributed by atoms with van der Waals surface area (Å²) >= 11 is 0. The summed E-state index contributed by atoms with van der Waals surface area (Å²) in [5.74, 6) is -3.82. The Hall–Kier alpha value is -5.36. The van der Waals surface area contributed by atoms with Crippen molar-refractivity contribution in [2.45, 2.75) is 19.8 Å². The molecule has 13 nitrogen and oxygen atoms in total. The highest BCUT2D eigenvalue weighted by molar-refractivity contribution is 6.03. The van der Waals surface area contributed by atoms with Crippen LogP contribution in [0.2, 0.25) is 0 Å². The molecule has 4 rings (SSSR count). The number of halogens is 2. The Morgan fingerprint density at radius 2 is 1.82 bits per heavy atom. The van der Waals surface area contributed by atoms with Crippen LogP contribution in [-0.2, 0) is 16.6 Å². The number of nitrogens with one attached hydrogen (secondary N) is 4. The van der Waals surface area contributed by atoms with E-state index < -0.39 is 29.9 Å². The Balaban J connectivity index is 0.00000177. The third kappa shape index (κ3) is 8.83. The molecule has 0 radical (unpaired) electrons. The molecular formula is C30H33F2N7O6. The number of benzene rings is 2. The molecule has 1 aromatic heterocycles. The van der Waals surface area contributed by atoms with Crippen LogP contribution in [0.4, 0.5) is 14.5 Å². The molecule has 15 heteroatoms. The second-order valence-electron chi connectivity index (χ2n) is 9.87. The zero-order chi connectivity index (χ0) is 32.9. The SMILES string of the molecule is Cc1cc(NC(=O)c2ncc(-c3ccc(OCC#N)c(F)c3F)n2C)ccc1C(=O)NCCNC(=O)C1CCNCC1.O=CO. The number of hydrogen-bond donors (Lipinski definition) is 5. The summed E-state index contributed by atoms with van der Waals surface area (Å²) in [4.78, 5) is 50.3. The van der Waals surface area contributed by atoms with Crippen molar-refractivity contribution in [1.29, 1.82) is 5.26 Å². The Labute approximate surface area is 257 Å². The highest BCUT2D eigenvalue weighted by atomic mass is 19.2. The van der Waals surface area contributed by atoms with Gasteiger partial charge in [-0.2, -0.15) is 9.65 Å². The van der Waals surface area contributed by atoms with E-state index in [0.29, 0.717) is 23.4 Å². The third-order valence-electron chi connectivity index (χ3n) is 6.95. The van der Waals surface area contributed by atoms with Gasteiger partial charge >= 0.3 is 0 Å². The minimum Gasteiger partial charge on any atom is -0.483 e. The van der Waals surface area contributed by atoms with Crippen LogP contribution in [0.5, 0.6) is 5.75 Å². The lowest BCUT2D eigenvalue weighted by Gasteiger charge is -2.21. The van der Waals surface area contributed by atoms with Gasteiger partial charge in [0.2, 0.25) is 11.7 Å². The molecule has 0 unspecified atom stereocenters. The first-order valence-electron chi connectivity index (χ1n) is 13.9. The highest BCUT2D eigenvalue weighted by Crippen LogP contribution is 2.30. The van der Waals surface area contributed by atoms with Crippen LogP contribution in [0, 0.1) is 35.8 Å². The van der Waals surface area contributed by atoms with Gasteiger partial charge in [-0.05, 0) is 68.8 Å². The van der Waals surface area contributed by atoms with E-state index in [2.05, 4.69) is 26.3 Å². The average molecular weight is 626 g/mol. The number of carboxylic acid groups (broad SMARTS) is 1. The second kappa shape index (κ2) is 16.5. The van der Waals surface area contributed by atoms with Gasteiger partial charge in [0, 0.05) is 42.9 Å². The van der Waals surface area contributed by atoms with Gasteiger partial charge in [0.1, 0.15) is 6.07 Å². The average Bonchev–Trinajstić information content (AvgIpc) is 3.41. The maximum absolute atomic E-state index is 14.7. The molecule has 2 heterocycles. The normalized spacial score (nSPS) is 12.6. The first-order chi connectivity index (χ1) is 21.6. The number of nitriles is 1. The number of aryl methyl sites for hydroxylation is 1. The van der Waals surface area contributed by atoms with E-state index in [9.17, 15) is 23.2 Å². The van der Waals surface area contributed by atoms with E-state index >= 15 is 0 Å². The summed E-state index contributed by atoms with van der Waals surface area (Å²) in [6.07, 6.45) is 2.85. The van der Waals surface area contributed by atoms with Crippen LogP contribution in [-0.4, -0.2) is 71.6 Å². The van der Waals surface area contributed by atoms with Gasteiger partial charge in [0.15, 0.2) is 24.0 Å². The lowest BCUT2D eigenvalue weighted by Crippen LogP contribution is -2.41. The fourth-order valence-electron chi connectivity index (χ4n) is 4.69. The number of imidazole rings is 1. The van der Waals surface area contributed by atoms with Gasteiger partial charge in [-0.3, -0.25) is 19.2 Å². The van der Waals surface area contributed by atoms with Gasteiger partial charge < -0.3 is 35.7 Å². The summed E-state index contributed by atoms with van der Waals surface area (Å²) in [6.45, 7) is 3.28. The summed E-state index contributed by atoms with van der Waals surface area (Å²) in [5, 5.41) is 27.0. The van der Waals surface area contributed by atoms with Gasteiger partial charge in [-0.15, -0.1) is 0 Å². The number of nitrogens with zero attached hydrogens (tertiary/aromatic N) is 3. The molecule has 238 valence electrons. The number of carbonyl (C=O) groups excluding carboxylic acids is 3. The fraction of sp³-hybridized carbons (Fsp3) is 0.333. The summed E-state index contributed by atoms with van der Waals surface area (Å²) in [6, 6.07) is 8.93. The molecule has 3 amide bonds. The van der Waals surface area contributed by atoms with Gasteiger partial charge in [-0.25, -0.2) is 9.37 Å². The molecule has 45 heavy (non-hydrogen) atoms. The molecule has 1 aliphatic heterocycles. The molecule has 1 saturated heterocycles. The Morgan fingerprint density at radius 3 is 2.49 bits per heavy atom. The molecule has 0 atom stereocenters. The molecular weight excluding hydrogens is 592 g/mol. The van der Waals surface area contributed by atoms with Crippen LogP contribution >= 0.6 is 0 Å². The first kappa shape index (κ1) is 34.1. The van der Waals surface area contributed by atoms with E-state index in [1.165, 1.54) is 29.9 Å². The van der Waals surface area contributed by atoms with Crippen molar-refractivity contribution in [2.24, 2.45) is 13.0 Å². The number of amides is 3. The second-order valence-corrected chi connectivity index (χ2v) is 9.87. The zero-order valence-electron chi connectivity index (χ0n) is 24.7. The molecule has 0 bridgehead atoms. The minimum atomic E-state index is -1.25. The fourth-order valence-corrected chi connectivity index (χ4v) is 4.69. The molecule has 0 spiro atoms. The summed E-state index contributed by atoms with van der Waals surface area (Å²) in [5.41, 5.74) is 1.45. The highest BCUT2D eigenvalue weighted by Gasteiger charge is 2.22. The predicted octanol–water partition coefficient (Wildman–Crippen LogP) is 2.37. The maximum Gasteiger partial charge on any atom is 0.291 e. The van der Waals surface area contributed by atoms with Crippen LogP contribution < -0.4 is 26.0 Å². The van der Waals surface area contributed by atoms with E-state index in [4.69, 9.17) is 19.9 Å². The van der Waals surface area contributed by atoms with Gasteiger partial charge in [0.05, 0.1) is 11.9 Å². The molecule has 1 fully saturated rings. The van der Waals surface area contributed by atoms with E-state index in [1.807, 2.05) is 0 Å². The Kier molecular flexibility index (Phi) is 12.5. The minimum absolute atomic E-state index is 0.00123. The monoisotopic (exact) mass is 625 g/mol. The molecule has 5 N–H and O–H groups in total. The van der Waals surface area contributed by atoms with Crippen molar-refractivity contribution in [1.82, 2.24) is 25.5 Å². The number of piperidine rings is 1. The summed E-state index contributed by atoms with van der Waals surface area (Å²) in [7, 11) is 1.49. The zero-order valence-corrected chi connectivity index (χ0v) is 24.7. The van der Waals surface area contributed by atoms with E-state index in [0.717, 1.165) is 25.9 Å². The molecule has 0 saturated carbocycles. The van der Waals surface area contributed by atoms with Crippen LogP contribution in [0.25, 0.3) is 11.3 Å². The number of aromatic nitrogens is 2. The Bertz CT molecular complexity index is 1580. The lowest BCUT2D eigenvalue weighted by atomic mass is 9.97. The predicted molar refractivity (Wildman–Crippen MR) is 158 cm³/mol. The van der Waals surface area contributed by atoms with Crippen LogP contribution in [0.15, 0.2) is 36.5 Å². The molecule has 1 aliphatic rings. The quantitative estimate of drug-likeness (QED) is 0.167. The van der Waals surface area contributed by atoms with Crippen molar-refractivity contribution < 1.29 is 37.8 Å². The van der Waals surface area contributed by atoms with Crippen molar-refractivity contribution in [3.63, 3.8) is 0 Å². The Morgan fingerprint density at radius 1 is 1.13 bits per heavy atom. The smallest absolute Gasteiger partial charge is 0.291 e. The van der Waals surface area contributed by atoms with Gasteiger partial charge in [-0.1, -0.05) is 0 Å². The molecule has 2 aromatic carbocycles. The number of hydrogen-bond acceptors (Lipinski definition) is 8. The summed E-state index contributed by atoms with van der Waals surface area (Å²) < 4.78 is 35.3. The van der Waals surface area contributed by atoms with Crippen molar-refractivity contribution in [3.05, 3.63) is 65.1 Å². The number of rotatable bonds is 10. The standard InChI is InChI=1S/C29H31F2N7O4.CH2O2/c1-17-15-19(3-4-20(17)28(40)35-13-12-34-27(39)18-7-10-33-11-8-18)37-29(41)26-36-16-22(38(26)2)21-5-6-23(42-14-9-32)25(31)24(21)30;2-1-3/h3-6,15-16,18,33H,7-8,10-14H2,1-2H3,(H,34,39)(H,35,40)(H,37,41);1H,(H,2,3). The van der Waals surface area contributed by atoms with Crippen LogP contribution in [0.1, 0.15) is 39.4 Å². The first-order valence-corrected chi connectivity index (χ1v) is 13.9. The van der Waals surface area contributed by atoms with Crippen molar-refractivity contribution in [3.8, 4) is 23.1 Å². The number of anilines is 1. The third-order valence-corrected chi connectivity index (χ3v) is 6.95. The number of carbonyl (C=O) groups is 4. The lowest BCUT2D eigenvalue weighted by molar-refractivity contribution is -0.125. The van der Waals surface area contributed by atoms with Crippen molar-refractivity contribution in [2.75, 3.05) is 38.1 Å². The van der Waals surface area contributed by atoms with Crippen LogP contribution in [0.3, 0.4) is 0 Å². The largest absolute Gasteiger partial charge is 0.483 e. The van der Waals surface area contributed by atoms with E-state index in [-0.39, 0.29) is 47.8 Å². The van der Waals surface area contributed by atoms with Crippen molar-refractivity contribution >= 4 is 29.9 Å². The molecule has 3 aromatic rings.